The monoisotopic (exact) mass is 830 g/mol. The van der Waals surface area contributed by atoms with Crippen LogP contribution < -0.4 is 5.73 Å². The van der Waals surface area contributed by atoms with Crippen molar-refractivity contribution in [2.45, 2.75) is 148 Å². The normalized spacial score (nSPS) is 14.9. The lowest BCUT2D eigenvalue weighted by atomic mass is 10.1. The van der Waals surface area contributed by atoms with Gasteiger partial charge in [0, 0.05) is 19.4 Å². The van der Waals surface area contributed by atoms with Crippen molar-refractivity contribution in [3.8, 4) is 0 Å². The Hall–Kier alpha value is -3.37. The van der Waals surface area contributed by atoms with Gasteiger partial charge in [-0.05, 0) is 89.9 Å². The molecule has 0 aliphatic rings. The van der Waals surface area contributed by atoms with Crippen molar-refractivity contribution < 1.29 is 42.7 Å². The van der Waals surface area contributed by atoms with E-state index in [4.69, 9.17) is 24.3 Å². The number of phosphoric ester groups is 1. The van der Waals surface area contributed by atoms with E-state index < -0.39 is 38.6 Å². The molecule has 4 N–H and O–H groups in total. The number of allylic oxidation sites excluding steroid dienone is 17. The number of unbranched alkanes of at least 4 members (excludes halogenated alkanes) is 6. The fraction of sp³-hybridized carbons (Fsp3) is 0.574. The Morgan fingerprint density at radius 1 is 0.621 bits per heavy atom. The summed E-state index contributed by atoms with van der Waals surface area (Å²) in [7, 11) is -4.44. The molecule has 328 valence electrons. The molecule has 0 aliphatic carbocycles. The highest BCUT2D eigenvalue weighted by Crippen LogP contribution is 2.43. The molecule has 0 bridgehead atoms. The van der Waals surface area contributed by atoms with Crippen molar-refractivity contribution >= 4 is 19.8 Å². The van der Waals surface area contributed by atoms with Gasteiger partial charge in [-0.3, -0.25) is 18.6 Å². The Morgan fingerprint density at radius 2 is 1.16 bits per heavy atom. The van der Waals surface area contributed by atoms with Crippen LogP contribution in [0.15, 0.2) is 109 Å². The summed E-state index contributed by atoms with van der Waals surface area (Å²) in [5.41, 5.74) is 5.33. The van der Waals surface area contributed by atoms with Gasteiger partial charge in [0.1, 0.15) is 6.61 Å². The molecule has 0 aliphatic heterocycles. The summed E-state index contributed by atoms with van der Waals surface area (Å²) >= 11 is 0. The van der Waals surface area contributed by atoms with Crippen LogP contribution in [-0.4, -0.2) is 60.5 Å². The lowest BCUT2D eigenvalue weighted by Crippen LogP contribution is -2.29. The molecule has 0 aromatic rings. The van der Waals surface area contributed by atoms with Gasteiger partial charge < -0.3 is 25.2 Å². The number of aliphatic hydroxyl groups is 1. The van der Waals surface area contributed by atoms with E-state index in [1.54, 1.807) is 12.2 Å². The van der Waals surface area contributed by atoms with Crippen molar-refractivity contribution in [3.63, 3.8) is 0 Å². The summed E-state index contributed by atoms with van der Waals surface area (Å²) in [4.78, 5) is 34.9. The molecule has 0 spiro atoms. The Kier molecular flexibility index (Phi) is 39.4. The molecule has 0 saturated carbocycles. The molecule has 0 saturated heterocycles. The largest absolute Gasteiger partial charge is 0.472 e. The van der Waals surface area contributed by atoms with Crippen LogP contribution >= 0.6 is 7.82 Å². The molecule has 0 rings (SSSR count). The minimum atomic E-state index is -4.44. The molecule has 11 heteroatoms. The maximum Gasteiger partial charge on any atom is 0.472 e. The standard InChI is InChI=1S/C47H76NO9P/c1-3-5-7-9-11-13-15-17-18-19-20-21-22-24-26-28-30-32-34-38-47(51)57-45(43-56-58(52,53)55-41-40-48)42-54-46(50)39-35-37-44(49)36-33-31-29-27-25-23-16-14-12-10-8-6-4-2/h5,7,11-14,17-18,20-21,23-26,29,31,33,36,44-45,49H,3-4,6,8-10,15-16,19,22,27-28,30,32,34-35,37-43,48H2,1-2H3,(H,52,53)/b7-5-,13-11-,14-12-,18-17-,21-20-,25-23-,26-24-,31-29-,36-33+/t44-,45-/m1/s1. The topological polar surface area (TPSA) is 155 Å². The summed E-state index contributed by atoms with van der Waals surface area (Å²) in [6, 6.07) is 0. The van der Waals surface area contributed by atoms with Crippen molar-refractivity contribution in [1.29, 1.82) is 0 Å². The van der Waals surface area contributed by atoms with Gasteiger partial charge in [-0.2, -0.15) is 0 Å². The number of hydrogen-bond donors (Lipinski definition) is 3. The molecule has 1 unspecified atom stereocenters. The second-order valence-electron chi connectivity index (χ2n) is 13.7. The molecular weight excluding hydrogens is 753 g/mol. The predicted octanol–water partition coefficient (Wildman–Crippen LogP) is 11.4. The van der Waals surface area contributed by atoms with E-state index in [0.717, 1.165) is 70.6 Å². The Labute approximate surface area is 351 Å². The number of aliphatic hydroxyl groups excluding tert-OH is 1. The zero-order chi connectivity index (χ0) is 42.6. The van der Waals surface area contributed by atoms with Crippen LogP contribution in [0.5, 0.6) is 0 Å². The lowest BCUT2D eigenvalue weighted by molar-refractivity contribution is -0.161. The maximum absolute atomic E-state index is 12.6. The van der Waals surface area contributed by atoms with Gasteiger partial charge in [0.05, 0.1) is 19.3 Å². The summed E-state index contributed by atoms with van der Waals surface area (Å²) in [6.45, 7) is 3.29. The smallest absolute Gasteiger partial charge is 0.462 e. The van der Waals surface area contributed by atoms with E-state index in [-0.39, 0.29) is 32.6 Å². The van der Waals surface area contributed by atoms with E-state index in [9.17, 15) is 24.2 Å². The fourth-order valence-electron chi connectivity index (χ4n) is 5.06. The number of hydrogen-bond acceptors (Lipinski definition) is 9. The number of rotatable bonds is 38. The van der Waals surface area contributed by atoms with Gasteiger partial charge in [0.25, 0.3) is 0 Å². The highest BCUT2D eigenvalue weighted by atomic mass is 31.2. The highest BCUT2D eigenvalue weighted by molar-refractivity contribution is 7.47. The number of carbonyl (C=O) groups is 2. The van der Waals surface area contributed by atoms with Gasteiger partial charge in [-0.25, -0.2) is 4.57 Å². The quantitative estimate of drug-likeness (QED) is 0.0180. The Balaban J connectivity index is 4.45. The molecule has 10 nitrogen and oxygen atoms in total. The van der Waals surface area contributed by atoms with Gasteiger partial charge in [-0.1, -0.05) is 142 Å². The van der Waals surface area contributed by atoms with E-state index in [1.807, 2.05) is 12.2 Å². The zero-order valence-electron chi connectivity index (χ0n) is 35.6. The van der Waals surface area contributed by atoms with Crippen LogP contribution in [-0.2, 0) is 32.7 Å². The number of phosphoric acid groups is 1. The Bertz CT molecular complexity index is 1330. The minimum absolute atomic E-state index is 0.0153. The third kappa shape index (κ3) is 40.8. The van der Waals surface area contributed by atoms with Crippen molar-refractivity contribution in [3.05, 3.63) is 109 Å². The van der Waals surface area contributed by atoms with Gasteiger partial charge in [-0.15, -0.1) is 0 Å². The fourth-order valence-corrected chi connectivity index (χ4v) is 5.82. The molecular formula is C47H76NO9P. The highest BCUT2D eigenvalue weighted by Gasteiger charge is 2.26. The number of nitrogens with two attached hydrogens (primary N) is 1. The van der Waals surface area contributed by atoms with Crippen LogP contribution in [0.4, 0.5) is 0 Å². The molecule has 0 aromatic heterocycles. The van der Waals surface area contributed by atoms with E-state index in [0.29, 0.717) is 19.3 Å². The van der Waals surface area contributed by atoms with Crippen molar-refractivity contribution in [2.24, 2.45) is 5.73 Å². The van der Waals surface area contributed by atoms with Crippen LogP contribution in [0, 0.1) is 0 Å². The van der Waals surface area contributed by atoms with E-state index >= 15 is 0 Å². The average Bonchev–Trinajstić information content (AvgIpc) is 3.20. The molecule has 0 radical (unpaired) electrons. The van der Waals surface area contributed by atoms with Crippen LogP contribution in [0.2, 0.25) is 0 Å². The maximum atomic E-state index is 12.6. The van der Waals surface area contributed by atoms with Crippen LogP contribution in [0.3, 0.4) is 0 Å². The third-order valence-electron chi connectivity index (χ3n) is 8.25. The summed E-state index contributed by atoms with van der Waals surface area (Å²) < 4.78 is 32.6. The summed E-state index contributed by atoms with van der Waals surface area (Å²) in [5, 5.41) is 10.2. The predicted molar refractivity (Wildman–Crippen MR) is 239 cm³/mol. The third-order valence-corrected chi connectivity index (χ3v) is 9.23. The molecule has 0 fully saturated rings. The first-order valence-corrected chi connectivity index (χ1v) is 23.0. The van der Waals surface area contributed by atoms with E-state index in [1.165, 1.54) is 19.3 Å². The molecule has 0 heterocycles. The SMILES string of the molecule is CC/C=C\C/C=C\C/C=C\C/C=C\C/C=C\CCCCCC(=O)O[C@H](COC(=O)CCC[C@H](O)/C=C/C=C\C/C=C\C/C=C\CCCCC)COP(=O)(O)OCCN. The second-order valence-corrected chi connectivity index (χ2v) is 15.1. The van der Waals surface area contributed by atoms with Gasteiger partial charge in [0.2, 0.25) is 0 Å². The van der Waals surface area contributed by atoms with E-state index in [2.05, 4.69) is 98.9 Å². The lowest BCUT2D eigenvalue weighted by Gasteiger charge is -2.20. The van der Waals surface area contributed by atoms with Crippen LogP contribution in [0.25, 0.3) is 0 Å². The molecule has 0 amide bonds. The first kappa shape index (κ1) is 54.6. The second kappa shape index (κ2) is 41.8. The zero-order valence-corrected chi connectivity index (χ0v) is 36.5. The summed E-state index contributed by atoms with van der Waals surface area (Å²) in [5.74, 6) is -1.08. The van der Waals surface area contributed by atoms with Crippen molar-refractivity contribution in [1.82, 2.24) is 0 Å². The Morgan fingerprint density at radius 3 is 1.72 bits per heavy atom. The van der Waals surface area contributed by atoms with Crippen LogP contribution in [0.1, 0.15) is 136 Å². The molecule has 3 atom stereocenters. The number of ether oxygens (including phenoxy) is 2. The first-order chi connectivity index (χ1) is 28.2. The molecule has 58 heavy (non-hydrogen) atoms. The first-order valence-electron chi connectivity index (χ1n) is 21.5. The van der Waals surface area contributed by atoms with Gasteiger partial charge in [0.15, 0.2) is 6.10 Å². The average molecular weight is 830 g/mol. The van der Waals surface area contributed by atoms with Gasteiger partial charge >= 0.3 is 19.8 Å². The minimum Gasteiger partial charge on any atom is -0.462 e. The number of carbonyl (C=O) groups excluding carboxylic acids is 2. The molecule has 0 aromatic carbocycles. The van der Waals surface area contributed by atoms with Crippen molar-refractivity contribution in [2.75, 3.05) is 26.4 Å². The number of esters is 2. The summed E-state index contributed by atoms with van der Waals surface area (Å²) in [6.07, 6.45) is 51.5.